The molecular weight excluding hydrogens is 452 g/mol. The van der Waals surface area contributed by atoms with Crippen LogP contribution in [0, 0.1) is 18.8 Å². The first kappa shape index (κ1) is 23.7. The van der Waals surface area contributed by atoms with Crippen molar-refractivity contribution < 1.29 is 19.1 Å². The Morgan fingerprint density at radius 2 is 1.78 bits per heavy atom. The third kappa shape index (κ3) is 5.43. The van der Waals surface area contributed by atoms with Crippen LogP contribution < -0.4 is 9.64 Å². The van der Waals surface area contributed by atoms with Crippen molar-refractivity contribution in [3.8, 4) is 17.2 Å². The second-order valence-electron chi connectivity index (χ2n) is 9.28. The Labute approximate surface area is 211 Å². The van der Waals surface area contributed by atoms with Gasteiger partial charge in [0, 0.05) is 30.8 Å². The summed E-state index contributed by atoms with van der Waals surface area (Å²) in [6.45, 7) is 3.66. The van der Waals surface area contributed by atoms with Crippen LogP contribution in [0.4, 0.5) is 5.69 Å². The highest BCUT2D eigenvalue weighted by atomic mass is 16.5. The summed E-state index contributed by atoms with van der Waals surface area (Å²) in [6, 6.07) is 27.9. The molecule has 0 saturated carbocycles. The topological polar surface area (TPSA) is 75.8 Å². The number of para-hydroxylation sites is 1. The van der Waals surface area contributed by atoms with E-state index >= 15 is 0 Å². The highest BCUT2D eigenvalue weighted by Crippen LogP contribution is 2.31. The number of hydrogen-bond donors (Lipinski definition) is 1. The van der Waals surface area contributed by atoms with Gasteiger partial charge >= 0.3 is 5.97 Å². The number of ether oxygens (including phenoxy) is 1. The monoisotopic (exact) mass is 482 g/mol. The summed E-state index contributed by atoms with van der Waals surface area (Å²) in [5.41, 5.74) is 4.00. The standard InChI is InChI=1S/C30H30N2O4/c1-21-28(31-29(36-21)23-10-4-2-5-11-23)15-16-35-26-14-8-9-22(18-26)17-24-19-32(20-27(24)30(33)34)25-12-6-3-7-13-25/h2-14,18,24,27H,15-17,19-20H2,1H3,(H,33,34)/t24-,27-/m0/s1. The largest absolute Gasteiger partial charge is 0.493 e. The van der Waals surface area contributed by atoms with E-state index in [9.17, 15) is 9.90 Å². The molecule has 1 saturated heterocycles. The normalized spacial score (nSPS) is 17.3. The lowest BCUT2D eigenvalue weighted by Gasteiger charge is -2.18. The lowest BCUT2D eigenvalue weighted by molar-refractivity contribution is -0.142. The number of carbonyl (C=O) groups is 1. The lowest BCUT2D eigenvalue weighted by atomic mass is 9.90. The summed E-state index contributed by atoms with van der Waals surface area (Å²) in [5, 5.41) is 9.84. The molecule has 1 N–H and O–H groups in total. The van der Waals surface area contributed by atoms with Gasteiger partial charge in [-0.3, -0.25) is 4.79 Å². The summed E-state index contributed by atoms with van der Waals surface area (Å²) in [6.07, 6.45) is 1.34. The molecule has 0 spiro atoms. The van der Waals surface area contributed by atoms with Crippen LogP contribution in [0.1, 0.15) is 17.0 Å². The number of nitrogens with zero attached hydrogens (tertiary/aromatic N) is 2. The van der Waals surface area contributed by atoms with Gasteiger partial charge in [0.25, 0.3) is 0 Å². The molecule has 1 aliphatic rings. The molecule has 1 aliphatic heterocycles. The fourth-order valence-corrected chi connectivity index (χ4v) is 4.90. The number of rotatable bonds is 9. The van der Waals surface area contributed by atoms with Crippen LogP contribution in [0.25, 0.3) is 11.5 Å². The molecule has 6 nitrogen and oxygen atoms in total. The molecule has 1 fully saturated rings. The van der Waals surface area contributed by atoms with Gasteiger partial charge in [-0.25, -0.2) is 4.98 Å². The van der Waals surface area contributed by atoms with E-state index in [1.165, 1.54) is 0 Å². The third-order valence-electron chi connectivity index (χ3n) is 6.80. The molecule has 36 heavy (non-hydrogen) atoms. The van der Waals surface area contributed by atoms with Gasteiger partial charge in [0.05, 0.1) is 18.2 Å². The van der Waals surface area contributed by atoms with Crippen molar-refractivity contribution in [2.75, 3.05) is 24.6 Å². The number of benzene rings is 3. The molecule has 0 bridgehead atoms. The lowest BCUT2D eigenvalue weighted by Crippen LogP contribution is -2.24. The van der Waals surface area contributed by atoms with Gasteiger partial charge in [-0.05, 0) is 61.2 Å². The van der Waals surface area contributed by atoms with Crippen LogP contribution in [0.5, 0.6) is 5.75 Å². The SMILES string of the molecule is Cc1oc(-c2ccccc2)nc1CCOc1cccc(C[C@H]2CN(c3ccccc3)C[C@@H]2C(=O)O)c1. The molecule has 6 heteroatoms. The fraction of sp³-hybridized carbons (Fsp3) is 0.267. The zero-order valence-electron chi connectivity index (χ0n) is 20.3. The van der Waals surface area contributed by atoms with E-state index in [-0.39, 0.29) is 5.92 Å². The number of oxazole rings is 1. The number of carboxylic acid groups (broad SMARTS) is 1. The molecule has 5 rings (SSSR count). The van der Waals surface area contributed by atoms with E-state index in [2.05, 4.69) is 9.88 Å². The maximum atomic E-state index is 12.0. The summed E-state index contributed by atoms with van der Waals surface area (Å²) >= 11 is 0. The van der Waals surface area contributed by atoms with E-state index in [0.717, 1.165) is 40.6 Å². The van der Waals surface area contributed by atoms with Gasteiger partial charge in [0.15, 0.2) is 0 Å². The maximum Gasteiger partial charge on any atom is 0.308 e. The Hall–Kier alpha value is -4.06. The minimum absolute atomic E-state index is 0.0344. The van der Waals surface area contributed by atoms with E-state index in [0.29, 0.717) is 31.9 Å². The van der Waals surface area contributed by atoms with Crippen LogP contribution in [0.2, 0.25) is 0 Å². The Morgan fingerprint density at radius 3 is 2.53 bits per heavy atom. The first-order valence-corrected chi connectivity index (χ1v) is 12.3. The molecule has 0 amide bonds. The molecular formula is C30H30N2O4. The average Bonchev–Trinajstić information content (AvgIpc) is 3.49. The number of carboxylic acids is 1. The predicted octanol–water partition coefficient (Wildman–Crippen LogP) is 5.65. The molecule has 0 unspecified atom stereocenters. The van der Waals surface area contributed by atoms with Gasteiger partial charge in [0.1, 0.15) is 11.5 Å². The first-order chi connectivity index (χ1) is 17.6. The van der Waals surface area contributed by atoms with Crippen LogP contribution in [0.3, 0.4) is 0 Å². The average molecular weight is 483 g/mol. The minimum atomic E-state index is -0.733. The van der Waals surface area contributed by atoms with Crippen molar-refractivity contribution >= 4 is 11.7 Å². The summed E-state index contributed by atoms with van der Waals surface area (Å²) < 4.78 is 11.9. The quantitative estimate of drug-likeness (QED) is 0.332. The van der Waals surface area contributed by atoms with Gasteiger partial charge in [0.2, 0.25) is 5.89 Å². The van der Waals surface area contributed by atoms with Gasteiger partial charge in [-0.2, -0.15) is 0 Å². The second-order valence-corrected chi connectivity index (χ2v) is 9.28. The summed E-state index contributed by atoms with van der Waals surface area (Å²) in [5.74, 6) is 1.11. The number of aliphatic carboxylic acids is 1. The van der Waals surface area contributed by atoms with Crippen LogP contribution in [0.15, 0.2) is 89.3 Å². The van der Waals surface area contributed by atoms with Crippen molar-refractivity contribution in [1.29, 1.82) is 0 Å². The van der Waals surface area contributed by atoms with E-state index in [1.807, 2.05) is 91.9 Å². The molecule has 0 radical (unpaired) electrons. The molecule has 4 aromatic rings. The number of aryl methyl sites for hydroxylation is 1. The van der Waals surface area contributed by atoms with Gasteiger partial charge < -0.3 is 19.2 Å². The van der Waals surface area contributed by atoms with Crippen LogP contribution >= 0.6 is 0 Å². The zero-order chi connectivity index (χ0) is 24.9. The Balaban J connectivity index is 1.20. The van der Waals surface area contributed by atoms with Crippen molar-refractivity contribution in [3.05, 3.63) is 102 Å². The van der Waals surface area contributed by atoms with Crippen LogP contribution in [-0.2, 0) is 17.6 Å². The highest BCUT2D eigenvalue weighted by Gasteiger charge is 2.37. The molecule has 2 atom stereocenters. The Morgan fingerprint density at radius 1 is 1.03 bits per heavy atom. The highest BCUT2D eigenvalue weighted by molar-refractivity contribution is 5.72. The third-order valence-corrected chi connectivity index (χ3v) is 6.80. The van der Waals surface area contributed by atoms with Crippen molar-refractivity contribution in [1.82, 2.24) is 4.98 Å². The molecule has 2 heterocycles. The number of hydrogen-bond acceptors (Lipinski definition) is 5. The summed E-state index contributed by atoms with van der Waals surface area (Å²) in [7, 11) is 0. The smallest absolute Gasteiger partial charge is 0.308 e. The van der Waals surface area contributed by atoms with Crippen LogP contribution in [-0.4, -0.2) is 35.8 Å². The molecule has 1 aromatic heterocycles. The number of anilines is 1. The van der Waals surface area contributed by atoms with Crippen molar-refractivity contribution in [3.63, 3.8) is 0 Å². The molecule has 184 valence electrons. The van der Waals surface area contributed by atoms with E-state index in [4.69, 9.17) is 9.15 Å². The Kier molecular flexibility index (Phi) is 7.03. The fourth-order valence-electron chi connectivity index (χ4n) is 4.90. The van der Waals surface area contributed by atoms with Crippen molar-refractivity contribution in [2.45, 2.75) is 19.8 Å². The zero-order valence-corrected chi connectivity index (χ0v) is 20.3. The maximum absolute atomic E-state index is 12.0. The molecule has 3 aromatic carbocycles. The number of aromatic nitrogens is 1. The Bertz CT molecular complexity index is 1300. The predicted molar refractivity (Wildman–Crippen MR) is 139 cm³/mol. The summed E-state index contributed by atoms with van der Waals surface area (Å²) in [4.78, 5) is 18.8. The molecule has 0 aliphatic carbocycles. The first-order valence-electron chi connectivity index (χ1n) is 12.3. The van der Waals surface area contributed by atoms with Crippen molar-refractivity contribution in [2.24, 2.45) is 11.8 Å². The van der Waals surface area contributed by atoms with E-state index in [1.54, 1.807) is 0 Å². The minimum Gasteiger partial charge on any atom is -0.493 e. The van der Waals surface area contributed by atoms with E-state index < -0.39 is 11.9 Å². The second kappa shape index (κ2) is 10.7. The van der Waals surface area contributed by atoms with Gasteiger partial charge in [-0.15, -0.1) is 0 Å². The van der Waals surface area contributed by atoms with Gasteiger partial charge in [-0.1, -0.05) is 48.5 Å².